The molecule has 1 N–H and O–H groups in total. The first-order valence-electron chi connectivity index (χ1n) is 4.21. The molecule has 0 aliphatic carbocycles. The van der Waals surface area contributed by atoms with Gasteiger partial charge in [0.1, 0.15) is 0 Å². The Hall–Kier alpha value is -1.25. The van der Waals surface area contributed by atoms with E-state index in [-0.39, 0.29) is 0 Å². The maximum absolute atomic E-state index is 4.02. The number of fused-ring (bicyclic) bond motifs is 1. The largest absolute Gasteiger partial charge is 0.278 e. The third kappa shape index (κ3) is 1.02. The Bertz CT molecular complexity index is 392. The number of nitrogens with zero attached hydrogens (tertiary/aromatic N) is 1. The van der Waals surface area contributed by atoms with Crippen LogP contribution in [0.1, 0.15) is 0 Å². The zero-order chi connectivity index (χ0) is 8.55. The Morgan fingerprint density at radius 3 is 2.92 bits per heavy atom. The predicted molar refractivity (Wildman–Crippen MR) is 53.2 cm³/mol. The lowest BCUT2D eigenvalue weighted by molar-refractivity contribution is 1.12. The summed E-state index contributed by atoms with van der Waals surface area (Å²) in [5, 5.41) is 8.23. The molecule has 0 atom stereocenters. The molecule has 0 amide bonds. The highest BCUT2D eigenvalue weighted by Gasteiger charge is 2.07. The lowest BCUT2D eigenvalue weighted by Crippen LogP contribution is -2.22. The van der Waals surface area contributed by atoms with Crippen LogP contribution in [-0.4, -0.2) is 16.9 Å². The van der Waals surface area contributed by atoms with Crippen molar-refractivity contribution in [1.29, 1.82) is 0 Å². The minimum absolute atomic E-state index is 0.561. The zero-order valence-corrected chi connectivity index (χ0v) is 7.33. The van der Waals surface area contributed by atoms with E-state index in [1.165, 1.54) is 10.8 Å². The summed E-state index contributed by atoms with van der Waals surface area (Å²) in [6.07, 6.45) is 1.89. The van der Waals surface area contributed by atoms with Crippen LogP contribution in [0.3, 0.4) is 0 Å². The first-order valence-corrected chi connectivity index (χ1v) is 4.21. The quantitative estimate of drug-likeness (QED) is 0.626. The smallest absolute Gasteiger partial charge is 0.170 e. The molecule has 2 rings (SSSR count). The topological polar surface area (TPSA) is 28.7 Å². The van der Waals surface area contributed by atoms with E-state index in [0.717, 1.165) is 5.52 Å². The fourth-order valence-electron chi connectivity index (χ4n) is 1.49. The molecule has 0 aliphatic rings. The highest BCUT2D eigenvalue weighted by atomic mass is 15.1. The summed E-state index contributed by atoms with van der Waals surface area (Å²) in [7, 11) is 0. The molecule has 0 spiro atoms. The number of aromatic nitrogens is 2. The molecule has 1 aromatic heterocycles. The van der Waals surface area contributed by atoms with Gasteiger partial charge in [-0.05, 0) is 6.07 Å². The summed E-state index contributed by atoms with van der Waals surface area (Å²) in [5.41, 5.74) is 2.49. The first kappa shape index (κ1) is 7.41. The maximum atomic E-state index is 4.02. The van der Waals surface area contributed by atoms with Crippen LogP contribution in [0.15, 0.2) is 24.4 Å². The highest BCUT2D eigenvalue weighted by Crippen LogP contribution is 2.07. The van der Waals surface area contributed by atoms with E-state index < -0.39 is 0 Å². The van der Waals surface area contributed by atoms with Gasteiger partial charge in [-0.1, -0.05) is 31.2 Å². The van der Waals surface area contributed by atoms with Crippen molar-refractivity contribution >= 4 is 23.1 Å². The van der Waals surface area contributed by atoms with E-state index in [0.29, 0.717) is 6.71 Å². The summed E-state index contributed by atoms with van der Waals surface area (Å²) < 4.78 is 0. The number of hydrogen-bond donors (Lipinski definition) is 1. The van der Waals surface area contributed by atoms with Crippen LogP contribution >= 0.6 is 0 Å². The second kappa shape index (κ2) is 2.66. The Kier molecular flexibility index (Phi) is 1.64. The third-order valence-electron chi connectivity index (χ3n) is 2.14. The molecule has 0 radical (unpaired) electrons. The molecular weight excluding hydrogens is 147 g/mol. The van der Waals surface area contributed by atoms with Crippen molar-refractivity contribution in [3.63, 3.8) is 0 Å². The van der Waals surface area contributed by atoms with Crippen molar-refractivity contribution < 1.29 is 0 Å². The van der Waals surface area contributed by atoms with Gasteiger partial charge in [0.05, 0.1) is 11.7 Å². The van der Waals surface area contributed by atoms with Crippen LogP contribution in [0.5, 0.6) is 0 Å². The standard InChI is InChI=1S/C9H11BN2/c1-10(2)8-4-3-5-9-7(8)6-11-12-9/h3-6H,1-2H3,(H,11,12). The number of rotatable bonds is 1. The molecule has 2 nitrogen and oxygen atoms in total. The van der Waals surface area contributed by atoms with E-state index in [1.54, 1.807) is 0 Å². The fourth-order valence-corrected chi connectivity index (χ4v) is 1.49. The van der Waals surface area contributed by atoms with Crippen molar-refractivity contribution in [2.45, 2.75) is 13.6 Å². The Balaban J connectivity index is 2.73. The first-order chi connectivity index (χ1) is 5.79. The number of hydrogen-bond acceptors (Lipinski definition) is 1. The van der Waals surface area contributed by atoms with Gasteiger partial charge in [-0.15, -0.1) is 0 Å². The maximum Gasteiger partial charge on any atom is 0.170 e. The Labute approximate surface area is 72.1 Å². The van der Waals surface area contributed by atoms with Gasteiger partial charge in [0.15, 0.2) is 6.71 Å². The van der Waals surface area contributed by atoms with Crippen LogP contribution < -0.4 is 5.46 Å². The van der Waals surface area contributed by atoms with E-state index in [1.807, 2.05) is 12.3 Å². The SMILES string of the molecule is CB(C)c1cccc2[nH]ncc12. The van der Waals surface area contributed by atoms with Crippen LogP contribution in [0.2, 0.25) is 13.6 Å². The third-order valence-corrected chi connectivity index (χ3v) is 2.14. The van der Waals surface area contributed by atoms with Crippen molar-refractivity contribution in [2.75, 3.05) is 0 Å². The van der Waals surface area contributed by atoms with E-state index >= 15 is 0 Å². The van der Waals surface area contributed by atoms with Gasteiger partial charge >= 0.3 is 0 Å². The van der Waals surface area contributed by atoms with E-state index in [2.05, 4.69) is 36.0 Å². The molecule has 1 aromatic carbocycles. The van der Waals surface area contributed by atoms with Gasteiger partial charge in [0.25, 0.3) is 0 Å². The van der Waals surface area contributed by atoms with E-state index in [9.17, 15) is 0 Å². The molecule has 0 aliphatic heterocycles. The minimum Gasteiger partial charge on any atom is -0.278 e. The fraction of sp³-hybridized carbons (Fsp3) is 0.222. The second-order valence-electron chi connectivity index (χ2n) is 3.33. The molecule has 1 heterocycles. The van der Waals surface area contributed by atoms with Crippen molar-refractivity contribution in [1.82, 2.24) is 10.2 Å². The van der Waals surface area contributed by atoms with Crippen LogP contribution in [0, 0.1) is 0 Å². The van der Waals surface area contributed by atoms with Gasteiger partial charge in [0.2, 0.25) is 0 Å². The summed E-state index contributed by atoms with van der Waals surface area (Å²) in [5.74, 6) is 0. The molecule has 12 heavy (non-hydrogen) atoms. The van der Waals surface area contributed by atoms with Crippen LogP contribution in [0.25, 0.3) is 10.9 Å². The molecule has 0 bridgehead atoms. The second-order valence-corrected chi connectivity index (χ2v) is 3.33. The molecule has 2 aromatic rings. The Morgan fingerprint density at radius 1 is 1.33 bits per heavy atom. The molecule has 0 saturated carbocycles. The normalized spacial score (nSPS) is 10.5. The lowest BCUT2D eigenvalue weighted by Gasteiger charge is -2.02. The number of nitrogens with one attached hydrogen (secondary N) is 1. The number of benzene rings is 1. The Morgan fingerprint density at radius 2 is 2.17 bits per heavy atom. The molecular formula is C9H11BN2. The van der Waals surface area contributed by atoms with Crippen molar-refractivity contribution in [2.24, 2.45) is 0 Å². The molecule has 0 unspecified atom stereocenters. The summed E-state index contributed by atoms with van der Waals surface area (Å²) in [4.78, 5) is 0. The molecule has 60 valence electrons. The van der Waals surface area contributed by atoms with Crippen LogP contribution in [-0.2, 0) is 0 Å². The molecule has 0 fully saturated rings. The van der Waals surface area contributed by atoms with Crippen molar-refractivity contribution in [3.05, 3.63) is 24.4 Å². The number of H-pyrrole nitrogens is 1. The van der Waals surface area contributed by atoms with Gasteiger partial charge < -0.3 is 0 Å². The van der Waals surface area contributed by atoms with Gasteiger partial charge in [-0.3, -0.25) is 5.10 Å². The summed E-state index contributed by atoms with van der Waals surface area (Å²) >= 11 is 0. The predicted octanol–water partition coefficient (Wildman–Crippen LogP) is 1.52. The zero-order valence-electron chi connectivity index (χ0n) is 7.33. The monoisotopic (exact) mass is 158 g/mol. The summed E-state index contributed by atoms with van der Waals surface area (Å²) in [6.45, 7) is 4.95. The van der Waals surface area contributed by atoms with Gasteiger partial charge in [0, 0.05) is 5.39 Å². The summed E-state index contributed by atoms with van der Waals surface area (Å²) in [6, 6.07) is 6.27. The van der Waals surface area contributed by atoms with Crippen molar-refractivity contribution in [3.8, 4) is 0 Å². The highest BCUT2D eigenvalue weighted by molar-refractivity contribution is 6.73. The number of aromatic amines is 1. The average molecular weight is 158 g/mol. The van der Waals surface area contributed by atoms with Gasteiger partial charge in [-0.2, -0.15) is 5.10 Å². The average Bonchev–Trinajstić information content (AvgIpc) is 2.49. The lowest BCUT2D eigenvalue weighted by atomic mass is 9.49. The van der Waals surface area contributed by atoms with E-state index in [4.69, 9.17) is 0 Å². The minimum atomic E-state index is 0.561. The van der Waals surface area contributed by atoms with Gasteiger partial charge in [-0.25, -0.2) is 0 Å². The molecule has 0 saturated heterocycles. The molecule has 3 heteroatoms. The van der Waals surface area contributed by atoms with Crippen LogP contribution in [0.4, 0.5) is 0 Å².